The Morgan fingerprint density at radius 2 is 2.18 bits per heavy atom. The van der Waals surface area contributed by atoms with Gasteiger partial charge < -0.3 is 5.73 Å². The van der Waals surface area contributed by atoms with Crippen molar-refractivity contribution in [2.24, 2.45) is 5.73 Å². The van der Waals surface area contributed by atoms with Crippen molar-refractivity contribution in [2.45, 2.75) is 6.54 Å². The molecule has 0 saturated carbocycles. The summed E-state index contributed by atoms with van der Waals surface area (Å²) in [6, 6.07) is 7.91. The molecule has 0 radical (unpaired) electrons. The van der Waals surface area contributed by atoms with Crippen LogP contribution in [0.25, 0.3) is 16.2 Å². The molecule has 0 spiro atoms. The van der Waals surface area contributed by atoms with Crippen molar-refractivity contribution in [3.05, 3.63) is 46.6 Å². The largest absolute Gasteiger partial charge is 0.326 e. The Labute approximate surface area is 107 Å². The Hall–Kier alpha value is -1.36. The summed E-state index contributed by atoms with van der Waals surface area (Å²) in [5.74, 6) is 0.909. The van der Waals surface area contributed by atoms with E-state index in [2.05, 4.69) is 4.98 Å². The number of hydrogen-bond acceptors (Lipinski definition) is 3. The van der Waals surface area contributed by atoms with Gasteiger partial charge in [-0.25, -0.2) is 4.98 Å². The maximum absolute atomic E-state index is 5.95. The minimum atomic E-state index is 0.527. The number of hydrogen-bond donors (Lipinski definition) is 1. The smallest absolute Gasteiger partial charge is 0.154 e. The second-order valence-corrected chi connectivity index (χ2v) is 5.44. The van der Waals surface area contributed by atoms with Crippen molar-refractivity contribution in [1.82, 2.24) is 9.38 Å². The van der Waals surface area contributed by atoms with Gasteiger partial charge in [0, 0.05) is 12.7 Å². The Balaban J connectivity index is 2.22. The molecular formula is C12H10ClN3S. The predicted molar refractivity (Wildman–Crippen MR) is 71.4 cm³/mol. The van der Waals surface area contributed by atoms with Gasteiger partial charge in [-0.15, -0.1) is 11.3 Å². The highest BCUT2D eigenvalue weighted by atomic mass is 35.5. The van der Waals surface area contributed by atoms with Gasteiger partial charge in [0.1, 0.15) is 0 Å². The number of imidazole rings is 1. The second-order valence-electron chi connectivity index (χ2n) is 3.72. The van der Waals surface area contributed by atoms with E-state index >= 15 is 0 Å². The number of pyridine rings is 1. The van der Waals surface area contributed by atoms with Crippen LogP contribution in [-0.4, -0.2) is 9.38 Å². The molecule has 0 fully saturated rings. The highest BCUT2D eigenvalue weighted by Gasteiger charge is 2.08. The van der Waals surface area contributed by atoms with E-state index in [0.29, 0.717) is 6.54 Å². The van der Waals surface area contributed by atoms with E-state index < -0.39 is 0 Å². The number of thiophene rings is 1. The van der Waals surface area contributed by atoms with Crippen molar-refractivity contribution >= 4 is 28.5 Å². The normalized spacial score (nSPS) is 11.2. The van der Waals surface area contributed by atoms with Crippen LogP contribution < -0.4 is 5.73 Å². The van der Waals surface area contributed by atoms with Gasteiger partial charge >= 0.3 is 0 Å². The van der Waals surface area contributed by atoms with Gasteiger partial charge in [-0.2, -0.15) is 0 Å². The number of fused-ring (bicyclic) bond motifs is 1. The maximum Gasteiger partial charge on any atom is 0.154 e. The van der Waals surface area contributed by atoms with Crippen LogP contribution in [0.4, 0.5) is 0 Å². The van der Waals surface area contributed by atoms with Crippen LogP contribution in [0.3, 0.4) is 0 Å². The van der Waals surface area contributed by atoms with Crippen molar-refractivity contribution in [2.75, 3.05) is 0 Å². The van der Waals surface area contributed by atoms with Crippen molar-refractivity contribution < 1.29 is 0 Å². The molecule has 0 unspecified atom stereocenters. The predicted octanol–water partition coefficient (Wildman–Crippen LogP) is 3.17. The van der Waals surface area contributed by atoms with Crippen molar-refractivity contribution in [1.29, 1.82) is 0 Å². The maximum atomic E-state index is 5.95. The first-order valence-electron chi connectivity index (χ1n) is 5.19. The topological polar surface area (TPSA) is 43.3 Å². The molecule has 5 heteroatoms. The lowest BCUT2D eigenvalue weighted by atomic mass is 10.3. The molecule has 2 N–H and O–H groups in total. The first-order valence-corrected chi connectivity index (χ1v) is 6.39. The van der Waals surface area contributed by atoms with Gasteiger partial charge in [0.15, 0.2) is 5.82 Å². The summed E-state index contributed by atoms with van der Waals surface area (Å²) in [7, 11) is 0. The van der Waals surface area contributed by atoms with Crippen LogP contribution in [0.2, 0.25) is 4.34 Å². The minimum Gasteiger partial charge on any atom is -0.326 e. The zero-order valence-electron chi connectivity index (χ0n) is 8.93. The number of halogens is 1. The standard InChI is InChI=1S/C12H10ClN3S/c13-11-4-3-10(17-11)12-15-6-9-2-1-8(5-14)7-16(9)12/h1-4,6-7H,5,14H2. The van der Waals surface area contributed by atoms with E-state index in [4.69, 9.17) is 17.3 Å². The summed E-state index contributed by atoms with van der Waals surface area (Å²) < 4.78 is 2.82. The number of rotatable bonds is 2. The first-order chi connectivity index (χ1) is 8.28. The summed E-state index contributed by atoms with van der Waals surface area (Å²) in [4.78, 5) is 5.49. The van der Waals surface area contributed by atoms with Crippen molar-refractivity contribution in [3.63, 3.8) is 0 Å². The molecule has 0 aromatic carbocycles. The third kappa shape index (κ3) is 1.84. The monoisotopic (exact) mass is 263 g/mol. The SMILES string of the molecule is NCc1ccc2cnc(-c3ccc(Cl)s3)n2c1. The third-order valence-electron chi connectivity index (χ3n) is 2.62. The Kier molecular flexibility index (Phi) is 2.63. The average molecular weight is 264 g/mol. The van der Waals surface area contributed by atoms with Gasteiger partial charge in [-0.1, -0.05) is 17.7 Å². The summed E-state index contributed by atoms with van der Waals surface area (Å²) in [5.41, 5.74) is 7.79. The molecule has 3 rings (SSSR count). The molecule has 0 aliphatic rings. The van der Waals surface area contributed by atoms with Crippen LogP contribution in [0.1, 0.15) is 5.56 Å². The summed E-state index contributed by atoms with van der Waals surface area (Å²) in [5, 5.41) is 0. The van der Waals surface area contributed by atoms with Crippen LogP contribution in [0.15, 0.2) is 36.7 Å². The van der Waals surface area contributed by atoms with E-state index in [-0.39, 0.29) is 0 Å². The summed E-state index contributed by atoms with van der Waals surface area (Å²) >= 11 is 7.47. The highest BCUT2D eigenvalue weighted by Crippen LogP contribution is 2.30. The number of aromatic nitrogens is 2. The first kappa shape index (κ1) is 10.8. The van der Waals surface area contributed by atoms with E-state index in [1.807, 2.05) is 41.1 Å². The fourth-order valence-corrected chi connectivity index (χ4v) is 2.81. The second kappa shape index (κ2) is 4.14. The summed E-state index contributed by atoms with van der Waals surface area (Å²) in [6.45, 7) is 0.527. The molecule has 86 valence electrons. The summed E-state index contributed by atoms with van der Waals surface area (Å²) in [6.07, 6.45) is 3.87. The molecule has 3 aromatic rings. The lowest BCUT2D eigenvalue weighted by molar-refractivity contribution is 1.03. The number of nitrogens with two attached hydrogens (primary N) is 1. The quantitative estimate of drug-likeness (QED) is 0.772. The lowest BCUT2D eigenvalue weighted by Crippen LogP contribution is -1.98. The fraction of sp³-hybridized carbons (Fsp3) is 0.0833. The molecule has 0 bridgehead atoms. The zero-order valence-corrected chi connectivity index (χ0v) is 10.5. The van der Waals surface area contributed by atoms with Gasteiger partial charge in [0.25, 0.3) is 0 Å². The minimum absolute atomic E-state index is 0.527. The van der Waals surface area contributed by atoms with Gasteiger partial charge in [0.2, 0.25) is 0 Å². The average Bonchev–Trinajstić information content (AvgIpc) is 2.93. The Morgan fingerprint density at radius 3 is 2.88 bits per heavy atom. The Morgan fingerprint density at radius 1 is 1.29 bits per heavy atom. The molecule has 3 nitrogen and oxygen atoms in total. The molecule has 0 amide bonds. The highest BCUT2D eigenvalue weighted by molar-refractivity contribution is 7.19. The van der Waals surface area contributed by atoms with Gasteiger partial charge in [-0.05, 0) is 23.8 Å². The van der Waals surface area contributed by atoms with E-state index in [9.17, 15) is 0 Å². The number of nitrogens with zero attached hydrogens (tertiary/aromatic N) is 2. The van der Waals surface area contributed by atoms with Crippen molar-refractivity contribution in [3.8, 4) is 10.7 Å². The molecular weight excluding hydrogens is 254 g/mol. The van der Waals surface area contributed by atoms with Crippen LogP contribution >= 0.6 is 22.9 Å². The Bertz CT molecular complexity index is 671. The molecule has 3 aromatic heterocycles. The van der Waals surface area contributed by atoms with Crippen LogP contribution in [-0.2, 0) is 6.54 Å². The molecule has 0 atom stereocenters. The fourth-order valence-electron chi connectivity index (χ4n) is 1.77. The molecule has 0 saturated heterocycles. The van der Waals surface area contributed by atoms with E-state index in [0.717, 1.165) is 26.1 Å². The van der Waals surface area contributed by atoms with Gasteiger partial charge in [-0.3, -0.25) is 4.40 Å². The van der Waals surface area contributed by atoms with E-state index in [1.165, 1.54) is 11.3 Å². The third-order valence-corrected chi connectivity index (χ3v) is 3.84. The van der Waals surface area contributed by atoms with Crippen LogP contribution in [0, 0.1) is 0 Å². The zero-order chi connectivity index (χ0) is 11.8. The lowest BCUT2D eigenvalue weighted by Gasteiger charge is -2.01. The van der Waals surface area contributed by atoms with Gasteiger partial charge in [0.05, 0.1) is 20.9 Å². The molecule has 3 heterocycles. The van der Waals surface area contributed by atoms with E-state index in [1.54, 1.807) is 0 Å². The molecule has 0 aliphatic heterocycles. The van der Waals surface area contributed by atoms with Crippen LogP contribution in [0.5, 0.6) is 0 Å². The molecule has 0 aliphatic carbocycles. The molecule has 17 heavy (non-hydrogen) atoms.